The molecular formula is C6H10N2O2. The van der Waals surface area contributed by atoms with E-state index in [1.807, 2.05) is 19.3 Å². The predicted molar refractivity (Wildman–Crippen MR) is 36.0 cm³/mol. The van der Waals surface area contributed by atoms with Crippen molar-refractivity contribution in [3.63, 3.8) is 0 Å². The highest BCUT2D eigenvalue weighted by Gasteiger charge is 2.05. The lowest BCUT2D eigenvalue weighted by Gasteiger charge is -1.94. The van der Waals surface area contributed by atoms with Crippen molar-refractivity contribution in [3.05, 3.63) is 12.1 Å². The van der Waals surface area contributed by atoms with E-state index in [1.54, 1.807) is 0 Å². The van der Waals surface area contributed by atoms with Crippen LogP contribution in [0.3, 0.4) is 0 Å². The van der Waals surface area contributed by atoms with Gasteiger partial charge >= 0.3 is 0 Å². The Balaban J connectivity index is 2.78. The maximum atomic E-state index is 8.35. The number of aromatic nitrogens is 1. The van der Waals surface area contributed by atoms with Gasteiger partial charge in [0.1, 0.15) is 0 Å². The Morgan fingerprint density at radius 3 is 2.70 bits per heavy atom. The maximum Gasteiger partial charge on any atom is 0.237 e. The van der Waals surface area contributed by atoms with Gasteiger partial charge in [-0.2, -0.15) is 0 Å². The normalized spacial score (nSPS) is 10.4. The first-order valence-corrected chi connectivity index (χ1v) is 3.10. The van der Waals surface area contributed by atoms with Crippen LogP contribution < -0.4 is 5.48 Å². The second-order valence-electron chi connectivity index (χ2n) is 2.33. The lowest BCUT2D eigenvalue weighted by atomic mass is 10.2. The van der Waals surface area contributed by atoms with Crippen LogP contribution in [0.15, 0.2) is 10.6 Å². The number of rotatable bonds is 2. The zero-order valence-electron chi connectivity index (χ0n) is 5.96. The highest BCUT2D eigenvalue weighted by atomic mass is 16.5. The van der Waals surface area contributed by atoms with E-state index in [9.17, 15) is 0 Å². The van der Waals surface area contributed by atoms with Crippen molar-refractivity contribution in [2.45, 2.75) is 19.8 Å². The van der Waals surface area contributed by atoms with Gasteiger partial charge in [0.25, 0.3) is 0 Å². The van der Waals surface area contributed by atoms with Crippen LogP contribution in [0.5, 0.6) is 0 Å². The Morgan fingerprint density at radius 2 is 2.40 bits per heavy atom. The summed E-state index contributed by atoms with van der Waals surface area (Å²) in [6.45, 7) is 3.93. The minimum atomic E-state index is 0.252. The van der Waals surface area contributed by atoms with Crippen molar-refractivity contribution in [1.82, 2.24) is 4.98 Å². The van der Waals surface area contributed by atoms with Crippen LogP contribution in [0.2, 0.25) is 0 Å². The summed E-state index contributed by atoms with van der Waals surface area (Å²) in [6.07, 6.45) is 1.44. The second kappa shape index (κ2) is 2.70. The Kier molecular flexibility index (Phi) is 1.91. The first-order chi connectivity index (χ1) is 4.74. The lowest BCUT2D eigenvalue weighted by Crippen LogP contribution is -1.86. The van der Waals surface area contributed by atoms with Crippen LogP contribution in [0, 0.1) is 0 Å². The van der Waals surface area contributed by atoms with E-state index < -0.39 is 0 Å². The average Bonchev–Trinajstić information content (AvgIpc) is 2.34. The number of anilines is 1. The van der Waals surface area contributed by atoms with Crippen molar-refractivity contribution in [3.8, 4) is 0 Å². The first-order valence-electron chi connectivity index (χ1n) is 3.10. The summed E-state index contributed by atoms with van der Waals surface area (Å²) < 4.78 is 5.02. The quantitative estimate of drug-likeness (QED) is 0.616. The monoisotopic (exact) mass is 142 g/mol. The molecule has 0 aliphatic rings. The van der Waals surface area contributed by atoms with Gasteiger partial charge in [-0.1, -0.05) is 13.8 Å². The standard InChI is InChI=1S/C6H10N2O2/c1-4(2)6-7-3-5(8-9)10-6/h3-4,8-9H,1-2H3. The molecule has 1 aromatic heterocycles. The van der Waals surface area contributed by atoms with E-state index in [1.165, 1.54) is 6.20 Å². The zero-order chi connectivity index (χ0) is 7.56. The molecule has 0 atom stereocenters. The molecule has 0 saturated carbocycles. The summed E-state index contributed by atoms with van der Waals surface area (Å²) in [6, 6.07) is 0. The van der Waals surface area contributed by atoms with Gasteiger partial charge in [0.05, 0.1) is 6.20 Å². The molecule has 4 heteroatoms. The Morgan fingerprint density at radius 1 is 1.70 bits per heavy atom. The number of hydrogen-bond donors (Lipinski definition) is 2. The lowest BCUT2D eigenvalue weighted by molar-refractivity contribution is 0.354. The maximum absolute atomic E-state index is 8.35. The van der Waals surface area contributed by atoms with Gasteiger partial charge in [-0.3, -0.25) is 5.21 Å². The molecule has 1 heterocycles. The van der Waals surface area contributed by atoms with Gasteiger partial charge in [0.15, 0.2) is 5.89 Å². The van der Waals surface area contributed by atoms with E-state index in [4.69, 9.17) is 9.62 Å². The third kappa shape index (κ3) is 1.27. The molecule has 1 rings (SSSR count). The van der Waals surface area contributed by atoms with E-state index in [2.05, 4.69) is 4.98 Å². The summed E-state index contributed by atoms with van der Waals surface area (Å²) in [7, 11) is 0. The molecule has 0 saturated heterocycles. The SMILES string of the molecule is CC(C)c1ncc(NO)o1. The molecule has 10 heavy (non-hydrogen) atoms. The van der Waals surface area contributed by atoms with E-state index in [0.29, 0.717) is 5.89 Å². The largest absolute Gasteiger partial charge is 0.423 e. The molecule has 0 aliphatic heterocycles. The van der Waals surface area contributed by atoms with E-state index >= 15 is 0 Å². The number of hydrogen-bond acceptors (Lipinski definition) is 4. The molecule has 4 nitrogen and oxygen atoms in total. The fraction of sp³-hybridized carbons (Fsp3) is 0.500. The van der Waals surface area contributed by atoms with Gasteiger partial charge in [0, 0.05) is 5.92 Å². The summed E-state index contributed by atoms with van der Waals surface area (Å²) in [5.41, 5.74) is 1.87. The molecule has 56 valence electrons. The Hall–Kier alpha value is -1.03. The molecule has 0 aliphatic carbocycles. The van der Waals surface area contributed by atoms with E-state index in [0.717, 1.165) is 0 Å². The molecule has 0 radical (unpaired) electrons. The van der Waals surface area contributed by atoms with E-state index in [-0.39, 0.29) is 11.8 Å². The van der Waals surface area contributed by atoms with Crippen molar-refractivity contribution in [2.75, 3.05) is 5.48 Å². The molecule has 0 amide bonds. The Bertz CT molecular complexity index is 207. The van der Waals surface area contributed by atoms with Gasteiger partial charge in [0.2, 0.25) is 5.88 Å². The number of nitrogens with one attached hydrogen (secondary N) is 1. The summed E-state index contributed by atoms with van der Waals surface area (Å²) >= 11 is 0. The van der Waals surface area contributed by atoms with Gasteiger partial charge in [-0.05, 0) is 0 Å². The van der Waals surface area contributed by atoms with Crippen LogP contribution in [0.1, 0.15) is 25.7 Å². The minimum absolute atomic E-state index is 0.252. The zero-order valence-corrected chi connectivity index (χ0v) is 5.96. The van der Waals surface area contributed by atoms with Crippen molar-refractivity contribution < 1.29 is 9.62 Å². The molecular weight excluding hydrogens is 132 g/mol. The molecule has 1 aromatic rings. The van der Waals surface area contributed by atoms with Crippen molar-refractivity contribution in [1.29, 1.82) is 0 Å². The molecule has 0 aromatic carbocycles. The number of nitrogens with zero attached hydrogens (tertiary/aromatic N) is 1. The van der Waals surface area contributed by atoms with Crippen molar-refractivity contribution in [2.24, 2.45) is 0 Å². The summed E-state index contributed by atoms with van der Waals surface area (Å²) in [5.74, 6) is 1.15. The molecule has 0 fully saturated rings. The fourth-order valence-corrected chi connectivity index (χ4v) is 0.606. The Labute approximate surface area is 58.8 Å². The van der Waals surface area contributed by atoms with Crippen LogP contribution in [0.4, 0.5) is 5.88 Å². The first kappa shape index (κ1) is 7.08. The van der Waals surface area contributed by atoms with Gasteiger partial charge < -0.3 is 4.42 Å². The fourth-order valence-electron chi connectivity index (χ4n) is 0.606. The third-order valence-corrected chi connectivity index (χ3v) is 1.13. The van der Waals surface area contributed by atoms with Crippen molar-refractivity contribution >= 4 is 5.88 Å². The summed E-state index contributed by atoms with van der Waals surface area (Å²) in [4.78, 5) is 3.90. The highest BCUT2D eigenvalue weighted by molar-refractivity contribution is 5.23. The minimum Gasteiger partial charge on any atom is -0.423 e. The van der Waals surface area contributed by atoms with Crippen LogP contribution in [0.25, 0.3) is 0 Å². The third-order valence-electron chi connectivity index (χ3n) is 1.13. The second-order valence-corrected chi connectivity index (χ2v) is 2.33. The number of oxazole rings is 1. The van der Waals surface area contributed by atoms with Gasteiger partial charge in [-0.15, -0.1) is 0 Å². The van der Waals surface area contributed by atoms with Crippen LogP contribution in [-0.2, 0) is 0 Å². The van der Waals surface area contributed by atoms with Gasteiger partial charge in [-0.25, -0.2) is 10.5 Å². The molecule has 2 N–H and O–H groups in total. The summed E-state index contributed by atoms with van der Waals surface area (Å²) in [5, 5.41) is 8.35. The molecule has 0 unspecified atom stereocenters. The van der Waals surface area contributed by atoms with Crippen LogP contribution >= 0.6 is 0 Å². The topological polar surface area (TPSA) is 58.3 Å². The smallest absolute Gasteiger partial charge is 0.237 e. The molecule has 0 spiro atoms. The predicted octanol–water partition coefficient (Wildman–Crippen LogP) is 1.60. The average molecular weight is 142 g/mol. The highest BCUT2D eigenvalue weighted by Crippen LogP contribution is 2.16. The van der Waals surface area contributed by atoms with Crippen LogP contribution in [-0.4, -0.2) is 10.2 Å². The molecule has 0 bridgehead atoms.